The molecule has 0 radical (unpaired) electrons. The molecule has 3 amide bonds. The van der Waals surface area contributed by atoms with Crippen LogP contribution in [0.3, 0.4) is 0 Å². The molecule has 0 aromatic rings. The third kappa shape index (κ3) is 2.48. The lowest BCUT2D eigenvalue weighted by Crippen LogP contribution is -2.67. The van der Waals surface area contributed by atoms with Crippen LogP contribution in [0.1, 0.15) is 39.0 Å². The van der Waals surface area contributed by atoms with Gasteiger partial charge >= 0.3 is 6.03 Å². The molecule has 3 atom stereocenters. The fraction of sp³-hybridized carbons (Fsp3) is 0.812. The van der Waals surface area contributed by atoms with Crippen LogP contribution in [0.4, 0.5) is 4.79 Å². The van der Waals surface area contributed by atoms with E-state index in [1.54, 1.807) is 11.9 Å². The number of hydrogen-bond acceptors (Lipinski definition) is 6. The minimum Gasteiger partial charge on any atom is -0.310 e. The third-order valence-electron chi connectivity index (χ3n) is 5.74. The molecule has 0 bridgehead atoms. The van der Waals surface area contributed by atoms with Crippen molar-refractivity contribution in [2.75, 3.05) is 20.1 Å². The Balaban J connectivity index is 1.55. The van der Waals surface area contributed by atoms with Gasteiger partial charge < -0.3 is 4.90 Å². The summed E-state index contributed by atoms with van der Waals surface area (Å²) in [5, 5.41) is 7.56. The predicted molar refractivity (Wildman–Crippen MR) is 88.9 cm³/mol. The highest BCUT2D eigenvalue weighted by Crippen LogP contribution is 2.30. The molecule has 8 heteroatoms. The molecule has 0 spiro atoms. The molecule has 0 aromatic heterocycles. The van der Waals surface area contributed by atoms with Crippen LogP contribution in [0.5, 0.6) is 0 Å². The molecular formula is C16H26N6O2. The molecule has 1 aliphatic carbocycles. The van der Waals surface area contributed by atoms with Crippen molar-refractivity contribution in [1.29, 1.82) is 0 Å². The van der Waals surface area contributed by atoms with Gasteiger partial charge in [0.05, 0.1) is 0 Å². The molecule has 3 fully saturated rings. The lowest BCUT2D eigenvalue weighted by Gasteiger charge is -2.42. The van der Waals surface area contributed by atoms with Crippen LogP contribution >= 0.6 is 0 Å². The molecule has 3 aliphatic heterocycles. The predicted octanol–water partition coefficient (Wildman–Crippen LogP) is 0.323. The summed E-state index contributed by atoms with van der Waals surface area (Å²) in [6.45, 7) is 3.14. The number of nitrogens with zero attached hydrogens (tertiary/aromatic N) is 4. The Morgan fingerprint density at radius 3 is 2.71 bits per heavy atom. The van der Waals surface area contributed by atoms with Crippen molar-refractivity contribution in [3.8, 4) is 0 Å². The molecule has 4 aliphatic rings. The van der Waals surface area contributed by atoms with E-state index in [2.05, 4.69) is 20.7 Å². The van der Waals surface area contributed by atoms with Gasteiger partial charge in [0, 0.05) is 25.8 Å². The maximum atomic E-state index is 13.1. The van der Waals surface area contributed by atoms with Gasteiger partial charge in [0.1, 0.15) is 12.2 Å². The summed E-state index contributed by atoms with van der Waals surface area (Å²) in [6, 6.07) is -0.531. The Bertz CT molecular complexity index is 573. The summed E-state index contributed by atoms with van der Waals surface area (Å²) < 4.78 is 0. The largest absolute Gasteiger partial charge is 0.327 e. The summed E-state index contributed by atoms with van der Waals surface area (Å²) in [7, 11) is 1.78. The van der Waals surface area contributed by atoms with E-state index in [1.807, 2.05) is 6.92 Å². The zero-order chi connectivity index (χ0) is 16.8. The molecular weight excluding hydrogens is 308 g/mol. The van der Waals surface area contributed by atoms with Gasteiger partial charge in [-0.25, -0.2) is 9.69 Å². The molecule has 8 nitrogen and oxygen atoms in total. The first-order chi connectivity index (χ1) is 11.6. The second kappa shape index (κ2) is 6.00. The number of likely N-dealkylation sites (N-methyl/N-ethyl adjacent to an activating group) is 1. The van der Waals surface area contributed by atoms with E-state index < -0.39 is 0 Å². The quantitative estimate of drug-likeness (QED) is 0.760. The van der Waals surface area contributed by atoms with E-state index in [0.29, 0.717) is 19.0 Å². The highest BCUT2D eigenvalue weighted by atomic mass is 16.2. The second-order valence-corrected chi connectivity index (χ2v) is 7.45. The van der Waals surface area contributed by atoms with E-state index in [9.17, 15) is 9.59 Å². The zero-order valence-electron chi connectivity index (χ0n) is 14.4. The topological polar surface area (TPSA) is 80.3 Å². The number of fused-ring (bicyclic) bond motifs is 3. The van der Waals surface area contributed by atoms with E-state index >= 15 is 0 Å². The molecule has 3 unspecified atom stereocenters. The highest BCUT2D eigenvalue weighted by molar-refractivity contribution is 6.01. The second-order valence-electron chi connectivity index (χ2n) is 7.45. The summed E-state index contributed by atoms with van der Waals surface area (Å²) in [5.74, 6) is 0.379. The first-order valence-corrected chi connectivity index (χ1v) is 8.95. The molecule has 132 valence electrons. The lowest BCUT2D eigenvalue weighted by atomic mass is 9.88. The Morgan fingerprint density at radius 2 is 1.96 bits per heavy atom. The SMILES string of the molecule is CC1=NNC2NC3C(C(=O)N(CC4CCCCC4)C(=O)N3C)N2C1. The fourth-order valence-corrected chi connectivity index (χ4v) is 4.42. The van der Waals surface area contributed by atoms with Crippen LogP contribution in [0.25, 0.3) is 0 Å². The van der Waals surface area contributed by atoms with E-state index in [0.717, 1.165) is 18.6 Å². The number of nitrogens with one attached hydrogen (secondary N) is 2. The molecule has 24 heavy (non-hydrogen) atoms. The summed E-state index contributed by atoms with van der Waals surface area (Å²) in [6.07, 6.45) is 5.42. The first kappa shape index (κ1) is 15.8. The smallest absolute Gasteiger partial charge is 0.310 e. The van der Waals surface area contributed by atoms with Gasteiger partial charge in [-0.15, -0.1) is 0 Å². The van der Waals surface area contributed by atoms with Gasteiger partial charge in [-0.1, -0.05) is 19.3 Å². The van der Waals surface area contributed by atoms with Crippen LogP contribution < -0.4 is 10.7 Å². The summed E-state index contributed by atoms with van der Waals surface area (Å²) >= 11 is 0. The zero-order valence-corrected chi connectivity index (χ0v) is 14.4. The van der Waals surface area contributed by atoms with Gasteiger partial charge in [0.25, 0.3) is 5.91 Å². The average Bonchev–Trinajstić information content (AvgIpc) is 2.96. The fourth-order valence-electron chi connectivity index (χ4n) is 4.42. The van der Waals surface area contributed by atoms with Gasteiger partial charge in [-0.3, -0.25) is 20.4 Å². The number of amides is 3. The number of rotatable bonds is 2. The van der Waals surface area contributed by atoms with Gasteiger partial charge in [0.15, 0.2) is 6.29 Å². The molecule has 2 N–H and O–H groups in total. The monoisotopic (exact) mass is 334 g/mol. The van der Waals surface area contributed by atoms with Crippen LogP contribution in [-0.4, -0.2) is 71.0 Å². The normalized spacial score (nSPS) is 34.8. The van der Waals surface area contributed by atoms with E-state index in [-0.39, 0.29) is 30.4 Å². The standard InChI is InChI=1S/C16H26N6O2/c1-10-8-21-12-13(17-15(21)19-18-10)20(2)16(24)22(14(12)23)9-11-6-4-3-5-7-11/h11-13,15,17,19H,3-9H2,1-2H3. The number of imide groups is 1. The number of carbonyl (C=O) groups is 2. The summed E-state index contributed by atoms with van der Waals surface area (Å²) in [4.78, 5) is 31.1. The van der Waals surface area contributed by atoms with Crippen LogP contribution in [0, 0.1) is 5.92 Å². The van der Waals surface area contributed by atoms with Crippen molar-refractivity contribution in [1.82, 2.24) is 25.4 Å². The van der Waals surface area contributed by atoms with Crippen molar-refractivity contribution in [3.05, 3.63) is 0 Å². The molecule has 2 saturated heterocycles. The van der Waals surface area contributed by atoms with Crippen LogP contribution in [0.2, 0.25) is 0 Å². The number of hydrogen-bond donors (Lipinski definition) is 2. The Kier molecular flexibility index (Phi) is 3.96. The first-order valence-electron chi connectivity index (χ1n) is 8.95. The maximum Gasteiger partial charge on any atom is 0.327 e. The highest BCUT2D eigenvalue weighted by Gasteiger charge is 2.55. The average molecular weight is 334 g/mol. The van der Waals surface area contributed by atoms with Crippen LogP contribution in [0.15, 0.2) is 5.10 Å². The Morgan fingerprint density at radius 1 is 1.21 bits per heavy atom. The molecule has 3 heterocycles. The maximum absolute atomic E-state index is 13.1. The minimum absolute atomic E-state index is 0.0693. The van der Waals surface area contributed by atoms with E-state index in [4.69, 9.17) is 0 Å². The number of hydrazone groups is 1. The molecule has 1 saturated carbocycles. The van der Waals surface area contributed by atoms with Crippen molar-refractivity contribution in [3.63, 3.8) is 0 Å². The number of urea groups is 1. The summed E-state index contributed by atoms with van der Waals surface area (Å²) in [5.41, 5.74) is 3.98. The molecule has 4 rings (SSSR count). The molecule has 0 aromatic carbocycles. The third-order valence-corrected chi connectivity index (χ3v) is 5.74. The van der Waals surface area contributed by atoms with Crippen molar-refractivity contribution in [2.24, 2.45) is 11.0 Å². The van der Waals surface area contributed by atoms with Crippen molar-refractivity contribution >= 4 is 17.6 Å². The van der Waals surface area contributed by atoms with Crippen LogP contribution in [-0.2, 0) is 4.79 Å². The minimum atomic E-state index is -0.348. The van der Waals surface area contributed by atoms with Crippen molar-refractivity contribution < 1.29 is 9.59 Å². The van der Waals surface area contributed by atoms with Gasteiger partial charge in [-0.2, -0.15) is 5.10 Å². The van der Waals surface area contributed by atoms with Gasteiger partial charge in [0.2, 0.25) is 0 Å². The van der Waals surface area contributed by atoms with Gasteiger partial charge in [-0.05, 0) is 25.7 Å². The van der Waals surface area contributed by atoms with E-state index in [1.165, 1.54) is 24.2 Å². The Labute approximate surface area is 142 Å². The number of carbonyl (C=O) groups excluding carboxylic acids is 2. The van der Waals surface area contributed by atoms with Crippen molar-refractivity contribution in [2.45, 2.75) is 57.5 Å². The Hall–Kier alpha value is -1.67. The lowest BCUT2D eigenvalue weighted by molar-refractivity contribution is -0.139.